The first-order chi connectivity index (χ1) is 12.1. The Bertz CT molecular complexity index is 690. The van der Waals surface area contributed by atoms with Gasteiger partial charge in [0.15, 0.2) is 0 Å². The summed E-state index contributed by atoms with van der Waals surface area (Å²) >= 11 is 0. The number of carbonyl (C=O) groups is 1. The number of aliphatic hydroxyl groups is 1. The number of rotatable bonds is 6. The van der Waals surface area contributed by atoms with E-state index in [9.17, 15) is 14.3 Å². The molecule has 1 aromatic carbocycles. The molecular formula is C19H23FN2O3. The van der Waals surface area contributed by atoms with Gasteiger partial charge >= 0.3 is 0 Å². The minimum Gasteiger partial charge on any atom is -0.467 e. The summed E-state index contributed by atoms with van der Waals surface area (Å²) in [6.45, 7) is 2.30. The molecule has 25 heavy (non-hydrogen) atoms. The number of hydrogen-bond acceptors (Lipinski definition) is 4. The van der Waals surface area contributed by atoms with E-state index in [1.807, 2.05) is 6.07 Å². The molecule has 1 aromatic heterocycles. The highest BCUT2D eigenvalue weighted by molar-refractivity contribution is 5.79. The van der Waals surface area contributed by atoms with E-state index in [1.54, 1.807) is 18.2 Å². The van der Waals surface area contributed by atoms with Crippen molar-refractivity contribution < 1.29 is 18.7 Å². The quantitative estimate of drug-likeness (QED) is 0.843. The van der Waals surface area contributed by atoms with Gasteiger partial charge in [-0.1, -0.05) is 12.1 Å². The van der Waals surface area contributed by atoms with Crippen molar-refractivity contribution in [3.05, 3.63) is 59.8 Å². The van der Waals surface area contributed by atoms with Crippen LogP contribution in [0.3, 0.4) is 0 Å². The molecule has 0 spiro atoms. The summed E-state index contributed by atoms with van der Waals surface area (Å²) in [4.78, 5) is 14.6. The Kier molecular flexibility index (Phi) is 5.83. The highest BCUT2D eigenvalue weighted by atomic mass is 19.1. The van der Waals surface area contributed by atoms with E-state index in [0.29, 0.717) is 18.8 Å². The number of furan rings is 1. The predicted octanol–water partition coefficient (Wildman–Crippen LogP) is 2.48. The van der Waals surface area contributed by atoms with Crippen LogP contribution in [0.15, 0.2) is 47.1 Å². The lowest BCUT2D eigenvalue weighted by Crippen LogP contribution is -2.43. The van der Waals surface area contributed by atoms with E-state index >= 15 is 0 Å². The largest absolute Gasteiger partial charge is 0.467 e. The molecule has 0 bridgehead atoms. The maximum atomic E-state index is 13.3. The van der Waals surface area contributed by atoms with Gasteiger partial charge in [0.25, 0.3) is 0 Å². The molecule has 2 heterocycles. The standard InChI is InChI=1S/C19H23FN2O3/c20-16-6-1-4-14(10-16)12-22-8-2-5-15(13-22)19(24)21-11-17(23)18-7-3-9-25-18/h1,3-4,6-7,9-10,15,17,23H,2,5,8,11-13H2,(H,21,24). The van der Waals surface area contributed by atoms with Gasteiger partial charge in [-0.25, -0.2) is 4.39 Å². The molecule has 2 aromatic rings. The number of carbonyl (C=O) groups excluding carboxylic acids is 1. The van der Waals surface area contributed by atoms with Gasteiger partial charge in [-0.3, -0.25) is 9.69 Å². The van der Waals surface area contributed by atoms with E-state index in [-0.39, 0.29) is 24.2 Å². The zero-order valence-corrected chi connectivity index (χ0v) is 14.0. The molecule has 2 atom stereocenters. The van der Waals surface area contributed by atoms with Crippen LogP contribution in [0.5, 0.6) is 0 Å². The van der Waals surface area contributed by atoms with E-state index in [1.165, 1.54) is 18.4 Å². The fourth-order valence-electron chi connectivity index (χ4n) is 3.23. The minimum atomic E-state index is -0.842. The second-order valence-electron chi connectivity index (χ2n) is 6.48. The third kappa shape index (κ3) is 4.90. The summed E-state index contributed by atoms with van der Waals surface area (Å²) in [5, 5.41) is 12.8. The monoisotopic (exact) mass is 346 g/mol. The van der Waals surface area contributed by atoms with Crippen LogP contribution in [-0.2, 0) is 11.3 Å². The van der Waals surface area contributed by atoms with Crippen LogP contribution in [0.1, 0.15) is 30.3 Å². The molecule has 0 aliphatic carbocycles. The number of nitrogens with one attached hydrogen (secondary N) is 1. The van der Waals surface area contributed by atoms with Crippen molar-refractivity contribution in [1.29, 1.82) is 0 Å². The molecule has 1 aliphatic rings. The average molecular weight is 346 g/mol. The number of halogens is 1. The van der Waals surface area contributed by atoms with Gasteiger partial charge in [0.1, 0.15) is 17.7 Å². The van der Waals surface area contributed by atoms with Crippen LogP contribution in [0.25, 0.3) is 0 Å². The highest BCUT2D eigenvalue weighted by Crippen LogP contribution is 2.20. The van der Waals surface area contributed by atoms with Gasteiger partial charge in [0, 0.05) is 13.1 Å². The Morgan fingerprint density at radius 1 is 1.40 bits per heavy atom. The molecule has 6 heteroatoms. The normalized spacial score (nSPS) is 19.5. The Balaban J connectivity index is 1.49. The van der Waals surface area contributed by atoms with Gasteiger partial charge in [0.2, 0.25) is 5.91 Å². The van der Waals surface area contributed by atoms with Crippen molar-refractivity contribution >= 4 is 5.91 Å². The molecule has 5 nitrogen and oxygen atoms in total. The van der Waals surface area contributed by atoms with Crippen molar-refractivity contribution in [2.75, 3.05) is 19.6 Å². The van der Waals surface area contributed by atoms with E-state index in [4.69, 9.17) is 4.42 Å². The van der Waals surface area contributed by atoms with Crippen LogP contribution in [0.2, 0.25) is 0 Å². The Morgan fingerprint density at radius 2 is 2.28 bits per heavy atom. The fraction of sp³-hybridized carbons (Fsp3) is 0.421. The van der Waals surface area contributed by atoms with Crippen molar-refractivity contribution in [3.63, 3.8) is 0 Å². The summed E-state index contributed by atoms with van der Waals surface area (Å²) in [6.07, 6.45) is 2.40. The first-order valence-electron chi connectivity index (χ1n) is 8.58. The Hall–Kier alpha value is -2.18. The topological polar surface area (TPSA) is 65.7 Å². The predicted molar refractivity (Wildman–Crippen MR) is 91.1 cm³/mol. The lowest BCUT2D eigenvalue weighted by Gasteiger charge is -2.32. The molecule has 1 saturated heterocycles. The zero-order valence-electron chi connectivity index (χ0n) is 14.0. The molecule has 1 aliphatic heterocycles. The lowest BCUT2D eigenvalue weighted by molar-refractivity contribution is -0.127. The number of amides is 1. The summed E-state index contributed by atoms with van der Waals surface area (Å²) in [7, 11) is 0. The molecule has 1 amide bonds. The molecular weight excluding hydrogens is 323 g/mol. The summed E-state index contributed by atoms with van der Waals surface area (Å²) in [5.41, 5.74) is 0.911. The number of aliphatic hydroxyl groups excluding tert-OH is 1. The zero-order chi connectivity index (χ0) is 17.6. The van der Waals surface area contributed by atoms with Crippen molar-refractivity contribution in [1.82, 2.24) is 10.2 Å². The SMILES string of the molecule is O=C(NCC(O)c1ccco1)C1CCCN(Cc2cccc(F)c2)C1. The van der Waals surface area contributed by atoms with E-state index < -0.39 is 6.10 Å². The third-order valence-corrected chi connectivity index (χ3v) is 4.51. The van der Waals surface area contributed by atoms with Crippen LogP contribution >= 0.6 is 0 Å². The minimum absolute atomic E-state index is 0.0606. The smallest absolute Gasteiger partial charge is 0.224 e. The van der Waals surface area contributed by atoms with Gasteiger partial charge in [0.05, 0.1) is 18.7 Å². The number of benzene rings is 1. The molecule has 134 valence electrons. The molecule has 3 rings (SSSR count). The van der Waals surface area contributed by atoms with Crippen LogP contribution in [0.4, 0.5) is 4.39 Å². The van der Waals surface area contributed by atoms with Crippen molar-refractivity contribution in [2.45, 2.75) is 25.5 Å². The summed E-state index contributed by atoms with van der Waals surface area (Å²) in [5.74, 6) is 0.0213. The number of piperidine rings is 1. The summed E-state index contributed by atoms with van der Waals surface area (Å²) < 4.78 is 18.4. The van der Waals surface area contributed by atoms with Crippen molar-refractivity contribution in [2.24, 2.45) is 5.92 Å². The Morgan fingerprint density at radius 3 is 3.04 bits per heavy atom. The molecule has 2 N–H and O–H groups in total. The van der Waals surface area contributed by atoms with Crippen LogP contribution in [0, 0.1) is 11.7 Å². The molecule has 0 saturated carbocycles. The van der Waals surface area contributed by atoms with Gasteiger partial charge in [-0.05, 0) is 49.2 Å². The van der Waals surface area contributed by atoms with Gasteiger partial charge in [-0.15, -0.1) is 0 Å². The number of nitrogens with zero attached hydrogens (tertiary/aromatic N) is 1. The van der Waals surface area contributed by atoms with Crippen LogP contribution in [-0.4, -0.2) is 35.5 Å². The Labute approximate surface area is 146 Å². The second-order valence-corrected chi connectivity index (χ2v) is 6.48. The average Bonchev–Trinajstić information content (AvgIpc) is 3.14. The second kappa shape index (κ2) is 8.27. The maximum absolute atomic E-state index is 13.3. The first kappa shape index (κ1) is 17.6. The number of hydrogen-bond donors (Lipinski definition) is 2. The lowest BCUT2D eigenvalue weighted by atomic mass is 9.96. The highest BCUT2D eigenvalue weighted by Gasteiger charge is 2.26. The van der Waals surface area contributed by atoms with E-state index in [0.717, 1.165) is 24.9 Å². The number of likely N-dealkylation sites (tertiary alicyclic amines) is 1. The van der Waals surface area contributed by atoms with Crippen LogP contribution < -0.4 is 5.32 Å². The molecule has 0 radical (unpaired) electrons. The van der Waals surface area contributed by atoms with Gasteiger partial charge < -0.3 is 14.8 Å². The van der Waals surface area contributed by atoms with Crippen molar-refractivity contribution in [3.8, 4) is 0 Å². The van der Waals surface area contributed by atoms with E-state index in [2.05, 4.69) is 10.2 Å². The van der Waals surface area contributed by atoms with Gasteiger partial charge in [-0.2, -0.15) is 0 Å². The summed E-state index contributed by atoms with van der Waals surface area (Å²) in [6, 6.07) is 9.94. The fourth-order valence-corrected chi connectivity index (χ4v) is 3.23. The first-order valence-corrected chi connectivity index (χ1v) is 8.58. The molecule has 1 fully saturated rings. The maximum Gasteiger partial charge on any atom is 0.224 e. The molecule has 2 unspecified atom stereocenters. The third-order valence-electron chi connectivity index (χ3n) is 4.51.